The third kappa shape index (κ3) is 5.43. The molecule has 0 saturated heterocycles. The Morgan fingerprint density at radius 3 is 1.58 bits per heavy atom. The second kappa shape index (κ2) is 14.7. The van der Waals surface area contributed by atoms with Gasteiger partial charge in [-0.05, 0) is 74.3 Å². The summed E-state index contributed by atoms with van der Waals surface area (Å²) in [5.74, 6) is 0. The highest BCUT2D eigenvalue weighted by molar-refractivity contribution is 7.26. The molecule has 0 atom stereocenters. The van der Waals surface area contributed by atoms with Crippen LogP contribution in [0.25, 0.3) is 86.3 Å². The van der Waals surface area contributed by atoms with Gasteiger partial charge in [0.05, 0.1) is 37.9 Å². The summed E-state index contributed by atoms with van der Waals surface area (Å²) in [6, 6.07) is 75.6. The van der Waals surface area contributed by atoms with Crippen molar-refractivity contribution >= 4 is 104 Å². The van der Waals surface area contributed by atoms with Crippen LogP contribution in [0.5, 0.6) is 0 Å². The topological polar surface area (TPSA) is 9.86 Å². The second-order valence-corrected chi connectivity index (χ2v) is 21.3. The molecule has 13 aromatic rings. The summed E-state index contributed by atoms with van der Waals surface area (Å²) >= 11 is 1.76. The van der Waals surface area contributed by atoms with Gasteiger partial charge in [-0.2, -0.15) is 0 Å². The number of aromatic nitrogens is 2. The lowest BCUT2D eigenvalue weighted by Gasteiger charge is -2.35. The first-order valence-corrected chi connectivity index (χ1v) is 24.5. The van der Waals surface area contributed by atoms with E-state index in [2.05, 4.69) is 167 Å². The lowest BCUT2D eigenvalue weighted by atomic mass is 10.1. The van der Waals surface area contributed by atoms with Crippen molar-refractivity contribution in [3.8, 4) is 22.5 Å². The zero-order chi connectivity index (χ0) is 45.7. The summed E-state index contributed by atoms with van der Waals surface area (Å²) in [4.78, 5) is 0. The van der Waals surface area contributed by atoms with Gasteiger partial charge in [-0.15, -0.1) is 11.3 Å². The van der Waals surface area contributed by atoms with Crippen LogP contribution in [-0.2, 0) is 0 Å². The normalized spacial score (nSPS) is 12.9. The van der Waals surface area contributed by atoms with Gasteiger partial charge in [0.25, 0.3) is 0 Å². The molecule has 64 heavy (non-hydrogen) atoms. The molecule has 0 saturated carbocycles. The highest BCUT2D eigenvalue weighted by atomic mass is 32.1. The average molecular weight is 853 g/mol. The van der Waals surface area contributed by atoms with Crippen LogP contribution < -0.4 is 20.7 Å². The van der Waals surface area contributed by atoms with E-state index in [-0.39, 0.29) is 24.2 Å². The van der Waals surface area contributed by atoms with Crippen molar-refractivity contribution in [1.82, 2.24) is 9.13 Å². The van der Waals surface area contributed by atoms with E-state index in [1.165, 1.54) is 10.8 Å². The minimum Gasteiger partial charge on any atom is -0.309 e. The van der Waals surface area contributed by atoms with Crippen LogP contribution in [0.3, 0.4) is 0 Å². The van der Waals surface area contributed by atoms with Crippen molar-refractivity contribution in [3.05, 3.63) is 243 Å². The molecule has 0 fully saturated rings. The van der Waals surface area contributed by atoms with Crippen LogP contribution in [0, 0.1) is 0 Å². The zero-order valence-corrected chi connectivity index (χ0v) is 36.4. The number of benzene rings is 10. The summed E-state index contributed by atoms with van der Waals surface area (Å²) < 4.78 is 47.5. The quantitative estimate of drug-likeness (QED) is 0.112. The highest BCUT2D eigenvalue weighted by Gasteiger charge is 2.42. The minimum absolute atomic E-state index is 0.0855. The van der Waals surface area contributed by atoms with E-state index in [0.717, 1.165) is 85.4 Å². The van der Waals surface area contributed by atoms with Gasteiger partial charge in [0.15, 0.2) is 8.07 Å². The Hall–Kier alpha value is -7.76. The second-order valence-electron chi connectivity index (χ2n) is 16.5. The predicted molar refractivity (Wildman–Crippen MR) is 277 cm³/mol. The number of hydrogen-bond acceptors (Lipinski definition) is 1. The van der Waals surface area contributed by atoms with E-state index in [9.17, 15) is 5.48 Å². The van der Waals surface area contributed by atoms with Gasteiger partial charge in [-0.1, -0.05) is 200 Å². The SMILES string of the molecule is [2H]c1c([2H])c(-n2c3ccccc3c3cc(-n4c5ccccc5c5ccccc54)c4sc5ccccc5c4c32)c([2H])c([Si](c2ccccc2)(c2ccccc2)c2cccc(-c3ccccc3)c2)c1[2H]. The summed E-state index contributed by atoms with van der Waals surface area (Å²) in [7, 11) is -3.66. The first-order chi connectivity index (χ1) is 33.4. The van der Waals surface area contributed by atoms with Crippen molar-refractivity contribution in [2.45, 2.75) is 0 Å². The summed E-state index contributed by atoms with van der Waals surface area (Å²) in [6.45, 7) is 0. The number of nitrogens with zero attached hydrogens (tertiary/aromatic N) is 2. The van der Waals surface area contributed by atoms with E-state index in [1.54, 1.807) is 11.3 Å². The standard InChI is InChI=1S/C60H40N2SSi/c1-4-20-41(21-5-1)42-22-18-28-46(38-42)64(44-24-6-2-7-25-44,45-26-8-3-9-27-45)47-29-19-23-43(39-47)61-53-34-14-12-32-50(53)52-40-56(60-58(59(52)61)51-33-13-17-37-57(51)63-60)62-54-35-15-10-30-48(54)49-31-11-16-36-55(49)62/h1-40H/i19D,23D,29D,39D. The molecule has 0 aliphatic heterocycles. The van der Waals surface area contributed by atoms with Crippen LogP contribution in [0.1, 0.15) is 5.48 Å². The fraction of sp³-hybridized carbons (Fsp3) is 0. The molecule has 0 radical (unpaired) electrons. The van der Waals surface area contributed by atoms with E-state index in [1.807, 2.05) is 60.7 Å². The molecule has 0 aliphatic carbocycles. The molecule has 2 nitrogen and oxygen atoms in total. The van der Waals surface area contributed by atoms with Gasteiger partial charge in [0.1, 0.15) is 0 Å². The molecule has 3 aromatic heterocycles. The number of para-hydroxylation sites is 3. The van der Waals surface area contributed by atoms with Crippen molar-refractivity contribution in [3.63, 3.8) is 0 Å². The molecule has 0 N–H and O–H groups in total. The third-order valence-corrected chi connectivity index (χ3v) is 18.9. The van der Waals surface area contributed by atoms with Crippen molar-refractivity contribution in [1.29, 1.82) is 0 Å². The van der Waals surface area contributed by atoms with Crippen LogP contribution in [0.15, 0.2) is 243 Å². The minimum atomic E-state index is -3.66. The zero-order valence-electron chi connectivity index (χ0n) is 38.6. The smallest absolute Gasteiger partial charge is 0.179 e. The molecule has 10 aromatic carbocycles. The molecule has 300 valence electrons. The fourth-order valence-electron chi connectivity index (χ4n) is 10.4. The maximum atomic E-state index is 10.8. The van der Waals surface area contributed by atoms with Crippen LogP contribution >= 0.6 is 11.3 Å². The molecule has 0 aliphatic rings. The van der Waals surface area contributed by atoms with Gasteiger partial charge < -0.3 is 9.13 Å². The van der Waals surface area contributed by atoms with Crippen molar-refractivity contribution in [2.75, 3.05) is 0 Å². The monoisotopic (exact) mass is 852 g/mol. The largest absolute Gasteiger partial charge is 0.309 e. The molecular formula is C60H40N2SSi. The number of thiophene rings is 1. The van der Waals surface area contributed by atoms with E-state index in [4.69, 9.17) is 0 Å². The Bertz CT molecular complexity index is 4050. The number of hydrogen-bond donors (Lipinski definition) is 0. The van der Waals surface area contributed by atoms with E-state index >= 15 is 0 Å². The Balaban J connectivity index is 1.21. The lowest BCUT2D eigenvalue weighted by Crippen LogP contribution is -2.74. The van der Waals surface area contributed by atoms with Crippen LogP contribution in [0.2, 0.25) is 0 Å². The molecule has 4 heteroatoms. The lowest BCUT2D eigenvalue weighted by molar-refractivity contribution is 1.18. The van der Waals surface area contributed by atoms with Crippen molar-refractivity contribution < 1.29 is 5.48 Å². The summed E-state index contributed by atoms with van der Waals surface area (Å²) in [5.41, 5.74) is 7.41. The van der Waals surface area contributed by atoms with Crippen LogP contribution in [0.4, 0.5) is 0 Å². The molecule has 0 amide bonds. The average Bonchev–Trinajstić information content (AvgIpc) is 4.06. The first kappa shape index (κ1) is 32.9. The van der Waals surface area contributed by atoms with Gasteiger partial charge in [0, 0.05) is 42.7 Å². The molecule has 0 bridgehead atoms. The maximum absolute atomic E-state index is 10.8. The third-order valence-electron chi connectivity index (χ3n) is 13.1. The molecule has 3 heterocycles. The number of rotatable bonds is 7. The Labute approximate surface area is 381 Å². The number of fused-ring (bicyclic) bond motifs is 10. The summed E-state index contributed by atoms with van der Waals surface area (Å²) in [6.07, 6.45) is 0. The Kier molecular flexibility index (Phi) is 7.54. The van der Waals surface area contributed by atoms with Gasteiger partial charge in [-0.25, -0.2) is 0 Å². The predicted octanol–water partition coefficient (Wildman–Crippen LogP) is 13.3. The van der Waals surface area contributed by atoms with E-state index < -0.39 is 8.07 Å². The molecule has 13 rings (SSSR count). The highest BCUT2D eigenvalue weighted by Crippen LogP contribution is 2.47. The molecule has 0 spiro atoms. The molecule has 0 unspecified atom stereocenters. The van der Waals surface area contributed by atoms with Gasteiger partial charge in [-0.3, -0.25) is 0 Å². The van der Waals surface area contributed by atoms with Crippen LogP contribution in [-0.4, -0.2) is 17.2 Å². The Morgan fingerprint density at radius 2 is 0.922 bits per heavy atom. The van der Waals surface area contributed by atoms with Gasteiger partial charge >= 0.3 is 0 Å². The Morgan fingerprint density at radius 1 is 0.406 bits per heavy atom. The van der Waals surface area contributed by atoms with Gasteiger partial charge in [0.2, 0.25) is 0 Å². The fourth-order valence-corrected chi connectivity index (χ4v) is 16.1. The van der Waals surface area contributed by atoms with Crippen molar-refractivity contribution in [2.24, 2.45) is 0 Å². The van der Waals surface area contributed by atoms with E-state index in [0.29, 0.717) is 10.9 Å². The molecular weight excluding hydrogens is 809 g/mol. The maximum Gasteiger partial charge on any atom is 0.179 e. The summed E-state index contributed by atoms with van der Waals surface area (Å²) in [5, 5.41) is 9.90. The first-order valence-electron chi connectivity index (χ1n) is 23.7.